The fraction of sp³-hybridized carbons (Fsp3) is 0.564. The summed E-state index contributed by atoms with van der Waals surface area (Å²) in [4.78, 5) is 68.4. The van der Waals surface area contributed by atoms with Gasteiger partial charge in [0, 0.05) is 19.5 Å². The molecule has 2 fully saturated rings. The van der Waals surface area contributed by atoms with Crippen LogP contribution in [0.1, 0.15) is 76.3 Å². The Kier molecular flexibility index (Phi) is 14.3. The number of piperidine rings is 1. The standard InChI is InChI=1S/C39H57N7O6/c1-26(2)21-31(45-35(49)32(23-28-13-7-4-8-14-28)44-33(47)29(41)22-27-11-5-3-6-12-27)34(48)43-30(15-9-10-18-40)36(50)46-19-16-38(17-20-46)24-39(42,25-38)37(51)52/h3-8,11-14,26,29-32H,9-10,15-25,40-42H2,1-2H3,(H,43,48)(H,44,47)(H,45,49)(H,51,52)/t29-,30-,31-,32-/m1/s1. The lowest BCUT2D eigenvalue weighted by molar-refractivity contribution is -0.158. The molecule has 1 saturated carbocycles. The maximum Gasteiger partial charge on any atom is 0.323 e. The molecule has 4 amide bonds. The molecular weight excluding hydrogens is 662 g/mol. The van der Waals surface area contributed by atoms with Crippen LogP contribution in [0.25, 0.3) is 0 Å². The fourth-order valence-corrected chi connectivity index (χ4v) is 7.51. The van der Waals surface area contributed by atoms with Gasteiger partial charge in [0.1, 0.15) is 23.7 Å². The highest BCUT2D eigenvalue weighted by molar-refractivity contribution is 5.95. The quantitative estimate of drug-likeness (QED) is 0.111. The van der Waals surface area contributed by atoms with Crippen LogP contribution in [-0.4, -0.2) is 88.9 Å². The Morgan fingerprint density at radius 3 is 1.83 bits per heavy atom. The largest absolute Gasteiger partial charge is 0.480 e. The first-order valence-corrected chi connectivity index (χ1v) is 18.5. The van der Waals surface area contributed by atoms with Crippen molar-refractivity contribution in [1.29, 1.82) is 0 Å². The van der Waals surface area contributed by atoms with Crippen LogP contribution in [0.3, 0.4) is 0 Å². The highest BCUT2D eigenvalue weighted by Crippen LogP contribution is 2.53. The second kappa shape index (κ2) is 18.4. The van der Waals surface area contributed by atoms with Crippen molar-refractivity contribution in [3.8, 4) is 0 Å². The summed E-state index contributed by atoms with van der Waals surface area (Å²) in [6.07, 6.45) is 4.50. The fourth-order valence-electron chi connectivity index (χ4n) is 7.51. The van der Waals surface area contributed by atoms with E-state index in [1.165, 1.54) is 0 Å². The zero-order valence-corrected chi connectivity index (χ0v) is 30.5. The van der Waals surface area contributed by atoms with E-state index in [9.17, 15) is 29.1 Å². The average molecular weight is 720 g/mol. The Balaban J connectivity index is 1.45. The molecule has 2 aromatic rings. The molecule has 4 rings (SSSR count). The summed E-state index contributed by atoms with van der Waals surface area (Å²) in [6, 6.07) is 14.9. The van der Waals surface area contributed by atoms with Gasteiger partial charge >= 0.3 is 5.97 Å². The highest BCUT2D eigenvalue weighted by atomic mass is 16.4. The minimum atomic E-state index is -1.21. The molecule has 0 bridgehead atoms. The van der Waals surface area contributed by atoms with Crippen LogP contribution in [0.15, 0.2) is 60.7 Å². The van der Waals surface area contributed by atoms with E-state index in [0.717, 1.165) is 11.1 Å². The van der Waals surface area contributed by atoms with Crippen LogP contribution in [0.5, 0.6) is 0 Å². The summed E-state index contributed by atoms with van der Waals surface area (Å²) < 4.78 is 0. The van der Waals surface area contributed by atoms with Gasteiger partial charge in [-0.1, -0.05) is 74.5 Å². The summed E-state index contributed by atoms with van der Waals surface area (Å²) >= 11 is 0. The first-order chi connectivity index (χ1) is 24.7. The zero-order valence-electron chi connectivity index (χ0n) is 30.5. The molecule has 0 unspecified atom stereocenters. The summed E-state index contributed by atoms with van der Waals surface area (Å²) in [7, 11) is 0. The predicted octanol–water partition coefficient (Wildman–Crippen LogP) is 1.61. The summed E-state index contributed by atoms with van der Waals surface area (Å²) in [5.74, 6) is -2.70. The minimum Gasteiger partial charge on any atom is -0.480 e. The van der Waals surface area contributed by atoms with Gasteiger partial charge in [-0.3, -0.25) is 24.0 Å². The maximum atomic E-state index is 14.0. The lowest BCUT2D eigenvalue weighted by atomic mass is 9.54. The van der Waals surface area contributed by atoms with E-state index in [1.54, 1.807) is 4.90 Å². The van der Waals surface area contributed by atoms with Gasteiger partial charge in [0.25, 0.3) is 0 Å². The predicted molar refractivity (Wildman–Crippen MR) is 198 cm³/mol. The van der Waals surface area contributed by atoms with E-state index in [1.807, 2.05) is 74.5 Å². The van der Waals surface area contributed by atoms with Gasteiger partial charge in [-0.05, 0) is 86.8 Å². The van der Waals surface area contributed by atoms with E-state index < -0.39 is 53.4 Å². The molecule has 13 heteroatoms. The van der Waals surface area contributed by atoms with Crippen molar-refractivity contribution in [2.45, 2.75) is 108 Å². The van der Waals surface area contributed by atoms with Gasteiger partial charge in [0.2, 0.25) is 23.6 Å². The molecule has 1 aliphatic carbocycles. The summed E-state index contributed by atoms with van der Waals surface area (Å²) in [6.45, 7) is 5.20. The molecule has 2 aromatic carbocycles. The van der Waals surface area contributed by atoms with Crippen molar-refractivity contribution in [3.63, 3.8) is 0 Å². The van der Waals surface area contributed by atoms with Crippen LogP contribution in [0, 0.1) is 11.3 Å². The number of aliphatic carboxylic acids is 1. The molecule has 52 heavy (non-hydrogen) atoms. The number of hydrogen-bond donors (Lipinski definition) is 7. The highest BCUT2D eigenvalue weighted by Gasteiger charge is 2.57. The number of unbranched alkanes of at least 4 members (excludes halogenated alkanes) is 1. The molecule has 0 aromatic heterocycles. The smallest absolute Gasteiger partial charge is 0.323 e. The van der Waals surface area contributed by atoms with Crippen molar-refractivity contribution in [3.05, 3.63) is 71.8 Å². The second-order valence-corrected chi connectivity index (χ2v) is 15.2. The van der Waals surface area contributed by atoms with Gasteiger partial charge in [-0.25, -0.2) is 0 Å². The van der Waals surface area contributed by atoms with Gasteiger partial charge < -0.3 is 43.2 Å². The molecule has 284 valence electrons. The number of benzene rings is 2. The molecule has 1 spiro atoms. The van der Waals surface area contributed by atoms with Crippen molar-refractivity contribution in [2.75, 3.05) is 19.6 Å². The van der Waals surface area contributed by atoms with Crippen molar-refractivity contribution >= 4 is 29.6 Å². The number of amides is 4. The minimum absolute atomic E-state index is 0.0186. The number of likely N-dealkylation sites (tertiary alicyclic amines) is 1. The van der Waals surface area contributed by atoms with E-state index in [-0.39, 0.29) is 23.7 Å². The first-order valence-electron chi connectivity index (χ1n) is 18.5. The molecule has 1 saturated heterocycles. The Morgan fingerprint density at radius 1 is 0.769 bits per heavy atom. The third-order valence-electron chi connectivity index (χ3n) is 10.4. The van der Waals surface area contributed by atoms with E-state index >= 15 is 0 Å². The van der Waals surface area contributed by atoms with Crippen LogP contribution in [0.4, 0.5) is 0 Å². The van der Waals surface area contributed by atoms with E-state index in [2.05, 4.69) is 16.0 Å². The lowest BCUT2D eigenvalue weighted by Gasteiger charge is -2.55. The van der Waals surface area contributed by atoms with E-state index in [4.69, 9.17) is 17.2 Å². The number of nitrogens with one attached hydrogen (secondary N) is 3. The van der Waals surface area contributed by atoms with E-state index in [0.29, 0.717) is 77.4 Å². The van der Waals surface area contributed by atoms with Crippen molar-refractivity contribution < 1.29 is 29.1 Å². The van der Waals surface area contributed by atoms with Crippen LogP contribution in [-0.2, 0) is 36.8 Å². The molecular formula is C39H57N7O6. The molecule has 1 heterocycles. The normalized spacial score (nSPS) is 18.4. The maximum absolute atomic E-state index is 14.0. The van der Waals surface area contributed by atoms with Gasteiger partial charge in [0.15, 0.2) is 0 Å². The average Bonchev–Trinajstić information content (AvgIpc) is 3.10. The Bertz CT molecular complexity index is 1510. The van der Waals surface area contributed by atoms with Crippen LogP contribution < -0.4 is 33.2 Å². The molecule has 0 radical (unpaired) electrons. The Hall–Kier alpha value is -4.33. The van der Waals surface area contributed by atoms with Gasteiger partial charge in [0.05, 0.1) is 6.04 Å². The molecule has 13 nitrogen and oxygen atoms in total. The Morgan fingerprint density at radius 2 is 1.29 bits per heavy atom. The summed E-state index contributed by atoms with van der Waals surface area (Å²) in [5, 5.41) is 18.1. The van der Waals surface area contributed by atoms with Gasteiger partial charge in [-0.2, -0.15) is 0 Å². The number of hydrogen-bond acceptors (Lipinski definition) is 8. The molecule has 1 aliphatic heterocycles. The van der Waals surface area contributed by atoms with Crippen LogP contribution in [0.2, 0.25) is 0 Å². The number of carbonyl (C=O) groups excluding carboxylic acids is 4. The zero-order chi connectivity index (χ0) is 37.9. The molecule has 2 aliphatic rings. The number of carboxylic acids is 1. The second-order valence-electron chi connectivity index (χ2n) is 15.2. The van der Waals surface area contributed by atoms with Crippen molar-refractivity contribution in [1.82, 2.24) is 20.9 Å². The van der Waals surface area contributed by atoms with Gasteiger partial charge in [-0.15, -0.1) is 0 Å². The third-order valence-corrected chi connectivity index (χ3v) is 10.4. The third kappa shape index (κ3) is 11.1. The monoisotopic (exact) mass is 719 g/mol. The Labute approximate surface area is 306 Å². The molecule has 4 atom stereocenters. The SMILES string of the molecule is CC(C)C[C@@H](NC(=O)[C@@H](Cc1ccccc1)NC(=O)[C@H](N)Cc1ccccc1)C(=O)N[C@H](CCCCN)C(=O)N1CCC2(CC1)CC(N)(C(=O)O)C2. The number of carboxylic acid groups (broad SMARTS) is 1. The summed E-state index contributed by atoms with van der Waals surface area (Å²) in [5.41, 5.74) is 18.4. The topological polar surface area (TPSA) is 223 Å². The number of nitrogens with two attached hydrogens (primary N) is 3. The van der Waals surface area contributed by atoms with Crippen LogP contribution >= 0.6 is 0 Å². The lowest BCUT2D eigenvalue weighted by Crippen LogP contribution is -2.65. The number of nitrogens with zero attached hydrogens (tertiary/aromatic N) is 1. The molecule has 10 N–H and O–H groups in total. The number of rotatable bonds is 18. The first kappa shape index (κ1) is 40.4. The number of carbonyl (C=O) groups is 5. The van der Waals surface area contributed by atoms with Crippen molar-refractivity contribution in [2.24, 2.45) is 28.5 Å².